The molecule has 1 N–H and O–H groups in total. The third kappa shape index (κ3) is 3.64. The SMILES string of the molecule is CC(C)(C)NC(=O)c1cc(-c2ccccc2)nc2cc(-c3ccccc3)nn12. The van der Waals surface area contributed by atoms with Gasteiger partial charge in [0.1, 0.15) is 5.69 Å². The van der Waals surface area contributed by atoms with E-state index in [0.29, 0.717) is 11.3 Å². The molecular weight excluding hydrogens is 348 g/mol. The summed E-state index contributed by atoms with van der Waals surface area (Å²) in [6.45, 7) is 5.87. The van der Waals surface area contributed by atoms with Crippen molar-refractivity contribution in [1.82, 2.24) is 19.9 Å². The fourth-order valence-electron chi connectivity index (χ4n) is 3.05. The van der Waals surface area contributed by atoms with Crippen molar-refractivity contribution < 1.29 is 4.79 Å². The lowest BCUT2D eigenvalue weighted by Crippen LogP contribution is -2.41. The smallest absolute Gasteiger partial charge is 0.270 e. The summed E-state index contributed by atoms with van der Waals surface area (Å²) in [5.74, 6) is -0.181. The first-order valence-electron chi connectivity index (χ1n) is 9.25. The minimum absolute atomic E-state index is 0.181. The van der Waals surface area contributed by atoms with Gasteiger partial charge in [0.05, 0.1) is 11.4 Å². The van der Waals surface area contributed by atoms with Gasteiger partial charge in [0.2, 0.25) is 0 Å². The molecule has 2 aromatic heterocycles. The Labute approximate surface area is 164 Å². The topological polar surface area (TPSA) is 59.3 Å². The van der Waals surface area contributed by atoms with E-state index in [1.807, 2.05) is 87.5 Å². The van der Waals surface area contributed by atoms with Gasteiger partial charge in [-0.1, -0.05) is 60.7 Å². The van der Waals surface area contributed by atoms with Crippen LogP contribution in [0.1, 0.15) is 31.3 Å². The second-order valence-corrected chi connectivity index (χ2v) is 7.76. The number of rotatable bonds is 3. The molecule has 0 saturated carbocycles. The maximum Gasteiger partial charge on any atom is 0.270 e. The van der Waals surface area contributed by atoms with Crippen molar-refractivity contribution in [2.75, 3.05) is 0 Å². The zero-order valence-corrected chi connectivity index (χ0v) is 16.2. The zero-order valence-electron chi connectivity index (χ0n) is 16.2. The Hall–Kier alpha value is -3.47. The molecule has 2 aromatic carbocycles. The molecule has 0 fully saturated rings. The third-order valence-corrected chi connectivity index (χ3v) is 4.29. The maximum absolute atomic E-state index is 13.0. The third-order valence-electron chi connectivity index (χ3n) is 4.29. The summed E-state index contributed by atoms with van der Waals surface area (Å²) in [6.07, 6.45) is 0. The van der Waals surface area contributed by atoms with Crippen LogP contribution in [0.3, 0.4) is 0 Å². The van der Waals surface area contributed by atoms with E-state index in [1.165, 1.54) is 0 Å². The van der Waals surface area contributed by atoms with Gasteiger partial charge >= 0.3 is 0 Å². The normalized spacial score (nSPS) is 11.5. The van der Waals surface area contributed by atoms with Gasteiger partial charge in [-0.05, 0) is 26.8 Å². The number of hydrogen-bond acceptors (Lipinski definition) is 3. The molecule has 0 aliphatic heterocycles. The number of amides is 1. The summed E-state index contributed by atoms with van der Waals surface area (Å²) in [4.78, 5) is 17.8. The Morgan fingerprint density at radius 1 is 0.857 bits per heavy atom. The number of aromatic nitrogens is 3. The van der Waals surface area contributed by atoms with Crippen molar-refractivity contribution >= 4 is 11.6 Å². The Balaban J connectivity index is 1.90. The first-order valence-corrected chi connectivity index (χ1v) is 9.25. The fourth-order valence-corrected chi connectivity index (χ4v) is 3.05. The first kappa shape index (κ1) is 17.9. The number of carbonyl (C=O) groups is 1. The van der Waals surface area contributed by atoms with Crippen LogP contribution in [-0.2, 0) is 0 Å². The predicted molar refractivity (Wildman–Crippen MR) is 111 cm³/mol. The van der Waals surface area contributed by atoms with Crippen LogP contribution >= 0.6 is 0 Å². The van der Waals surface area contributed by atoms with Gasteiger partial charge in [0.15, 0.2) is 5.65 Å². The van der Waals surface area contributed by atoms with Crippen LogP contribution in [0.4, 0.5) is 0 Å². The molecule has 0 spiro atoms. The number of nitrogens with zero attached hydrogens (tertiary/aromatic N) is 3. The van der Waals surface area contributed by atoms with Crippen molar-refractivity contribution in [2.45, 2.75) is 26.3 Å². The lowest BCUT2D eigenvalue weighted by Gasteiger charge is -2.20. The Morgan fingerprint density at radius 2 is 1.43 bits per heavy atom. The van der Waals surface area contributed by atoms with Crippen LogP contribution in [0.2, 0.25) is 0 Å². The molecule has 1 amide bonds. The molecule has 5 nitrogen and oxygen atoms in total. The number of hydrogen-bond donors (Lipinski definition) is 1. The van der Waals surface area contributed by atoms with Crippen LogP contribution in [0.15, 0.2) is 72.8 Å². The molecule has 5 heteroatoms. The molecule has 2 heterocycles. The Bertz CT molecular complexity index is 1130. The highest BCUT2D eigenvalue weighted by Crippen LogP contribution is 2.24. The summed E-state index contributed by atoms with van der Waals surface area (Å²) in [5, 5.41) is 7.69. The quantitative estimate of drug-likeness (QED) is 0.574. The van der Waals surface area contributed by atoms with E-state index < -0.39 is 0 Å². The van der Waals surface area contributed by atoms with Gasteiger partial charge in [-0.2, -0.15) is 5.10 Å². The average Bonchev–Trinajstić information content (AvgIpc) is 3.11. The van der Waals surface area contributed by atoms with Crippen LogP contribution < -0.4 is 5.32 Å². The van der Waals surface area contributed by atoms with Gasteiger partial charge in [0, 0.05) is 22.7 Å². The van der Waals surface area contributed by atoms with Crippen LogP contribution in [-0.4, -0.2) is 26.0 Å². The Morgan fingerprint density at radius 3 is 2.00 bits per heavy atom. The molecule has 140 valence electrons. The van der Waals surface area contributed by atoms with E-state index in [-0.39, 0.29) is 11.4 Å². The summed E-state index contributed by atoms with van der Waals surface area (Å²) >= 11 is 0. The van der Waals surface area contributed by atoms with Crippen LogP contribution in [0.5, 0.6) is 0 Å². The molecule has 28 heavy (non-hydrogen) atoms. The lowest BCUT2D eigenvalue weighted by atomic mass is 10.1. The minimum atomic E-state index is -0.352. The molecule has 4 aromatic rings. The minimum Gasteiger partial charge on any atom is -0.346 e. The van der Waals surface area contributed by atoms with E-state index in [1.54, 1.807) is 10.6 Å². The maximum atomic E-state index is 13.0. The van der Waals surface area contributed by atoms with E-state index >= 15 is 0 Å². The zero-order chi connectivity index (χ0) is 19.7. The van der Waals surface area contributed by atoms with Crippen molar-refractivity contribution in [2.24, 2.45) is 0 Å². The largest absolute Gasteiger partial charge is 0.346 e. The molecule has 0 radical (unpaired) electrons. The summed E-state index contributed by atoms with van der Waals surface area (Å²) in [5.41, 5.74) is 4.21. The standard InChI is InChI=1S/C23H22N4O/c1-23(2,3)25-22(28)20-14-18(16-10-6-4-7-11-16)24-21-15-19(26-27(20)21)17-12-8-5-9-13-17/h4-15H,1-3H3,(H,25,28). The van der Waals surface area contributed by atoms with Crippen molar-refractivity contribution in [3.63, 3.8) is 0 Å². The molecule has 0 atom stereocenters. The lowest BCUT2D eigenvalue weighted by molar-refractivity contribution is 0.0912. The van der Waals surface area contributed by atoms with E-state index in [0.717, 1.165) is 22.5 Å². The average molecular weight is 370 g/mol. The van der Waals surface area contributed by atoms with Gasteiger partial charge < -0.3 is 5.32 Å². The van der Waals surface area contributed by atoms with E-state index in [4.69, 9.17) is 4.98 Å². The number of nitrogens with one attached hydrogen (secondary N) is 1. The highest BCUT2D eigenvalue weighted by atomic mass is 16.2. The molecule has 0 unspecified atom stereocenters. The molecular formula is C23H22N4O. The predicted octanol–water partition coefficient (Wildman–Crippen LogP) is 4.59. The Kier molecular flexibility index (Phi) is 4.43. The number of fused-ring (bicyclic) bond motifs is 1. The van der Waals surface area contributed by atoms with Gasteiger partial charge in [-0.3, -0.25) is 4.79 Å². The van der Waals surface area contributed by atoms with Gasteiger partial charge in [-0.25, -0.2) is 9.50 Å². The van der Waals surface area contributed by atoms with Crippen molar-refractivity contribution in [3.05, 3.63) is 78.5 Å². The van der Waals surface area contributed by atoms with Crippen LogP contribution in [0.25, 0.3) is 28.2 Å². The number of carbonyl (C=O) groups excluding carboxylic acids is 1. The first-order chi connectivity index (χ1) is 13.4. The fraction of sp³-hybridized carbons (Fsp3) is 0.174. The van der Waals surface area contributed by atoms with Crippen LogP contribution in [0, 0.1) is 0 Å². The monoisotopic (exact) mass is 370 g/mol. The molecule has 0 bridgehead atoms. The second-order valence-electron chi connectivity index (χ2n) is 7.76. The summed E-state index contributed by atoms with van der Waals surface area (Å²) in [7, 11) is 0. The van der Waals surface area contributed by atoms with E-state index in [9.17, 15) is 4.79 Å². The highest BCUT2D eigenvalue weighted by molar-refractivity contribution is 5.94. The molecule has 0 aliphatic carbocycles. The highest BCUT2D eigenvalue weighted by Gasteiger charge is 2.21. The molecule has 4 rings (SSSR count). The second kappa shape index (κ2) is 6.93. The van der Waals surface area contributed by atoms with Crippen molar-refractivity contribution in [3.8, 4) is 22.5 Å². The molecule has 0 saturated heterocycles. The number of benzene rings is 2. The summed E-state index contributed by atoms with van der Waals surface area (Å²) in [6, 6.07) is 23.4. The van der Waals surface area contributed by atoms with Gasteiger partial charge in [-0.15, -0.1) is 0 Å². The van der Waals surface area contributed by atoms with Crippen molar-refractivity contribution in [1.29, 1.82) is 0 Å². The summed E-state index contributed by atoms with van der Waals surface area (Å²) < 4.78 is 1.62. The van der Waals surface area contributed by atoms with E-state index in [2.05, 4.69) is 10.4 Å². The molecule has 0 aliphatic rings. The van der Waals surface area contributed by atoms with Gasteiger partial charge in [0.25, 0.3) is 5.91 Å².